The van der Waals surface area contributed by atoms with Gasteiger partial charge in [0.05, 0.1) is 12.5 Å². The van der Waals surface area contributed by atoms with Crippen molar-refractivity contribution in [2.45, 2.75) is 6.42 Å². The molecule has 0 aliphatic rings. The number of carboxylic acid groups (broad SMARTS) is 1. The Morgan fingerprint density at radius 2 is 1.95 bits per heavy atom. The Morgan fingerprint density at radius 3 is 2.47 bits per heavy atom. The third-order valence-electron chi connectivity index (χ3n) is 2.39. The van der Waals surface area contributed by atoms with Crippen molar-refractivity contribution < 1.29 is 9.90 Å². The summed E-state index contributed by atoms with van der Waals surface area (Å²) in [6.07, 6.45) is 0.368. The Hall–Kier alpha value is -2.94. The zero-order valence-corrected chi connectivity index (χ0v) is 9.87. The maximum atomic E-state index is 10.6. The zero-order valence-electron chi connectivity index (χ0n) is 9.87. The van der Waals surface area contributed by atoms with Crippen LogP contribution < -0.4 is 5.32 Å². The van der Waals surface area contributed by atoms with E-state index in [4.69, 9.17) is 10.4 Å². The van der Waals surface area contributed by atoms with Gasteiger partial charge in [0.15, 0.2) is 11.5 Å². The van der Waals surface area contributed by atoms with Gasteiger partial charge in [0.1, 0.15) is 0 Å². The number of nitriles is 1. The van der Waals surface area contributed by atoms with Crippen molar-refractivity contribution in [3.8, 4) is 6.07 Å². The molecule has 19 heavy (non-hydrogen) atoms. The van der Waals surface area contributed by atoms with Gasteiger partial charge in [-0.1, -0.05) is 12.1 Å². The number of aromatic carboxylic acids is 1. The number of hydrogen-bond acceptors (Lipinski definition) is 5. The van der Waals surface area contributed by atoms with Crippen LogP contribution in [0.4, 0.5) is 11.5 Å². The molecule has 0 radical (unpaired) electrons. The molecule has 0 aliphatic carbocycles. The van der Waals surface area contributed by atoms with Crippen molar-refractivity contribution in [1.29, 1.82) is 5.26 Å². The highest BCUT2D eigenvalue weighted by Crippen LogP contribution is 2.15. The van der Waals surface area contributed by atoms with Crippen molar-refractivity contribution in [3.05, 3.63) is 47.7 Å². The largest absolute Gasteiger partial charge is 0.476 e. The van der Waals surface area contributed by atoms with E-state index in [9.17, 15) is 4.79 Å². The summed E-state index contributed by atoms with van der Waals surface area (Å²) in [7, 11) is 0. The van der Waals surface area contributed by atoms with E-state index in [0.717, 1.165) is 11.3 Å². The van der Waals surface area contributed by atoms with Crippen molar-refractivity contribution in [2.24, 2.45) is 0 Å². The Bertz CT molecular complexity index is 615. The topological polar surface area (TPSA) is 98.9 Å². The lowest BCUT2D eigenvalue weighted by atomic mass is 10.1. The Kier molecular flexibility index (Phi) is 3.69. The van der Waals surface area contributed by atoms with E-state index in [2.05, 4.69) is 21.6 Å². The van der Waals surface area contributed by atoms with E-state index in [-0.39, 0.29) is 5.69 Å². The highest BCUT2D eigenvalue weighted by molar-refractivity contribution is 5.85. The molecule has 6 heteroatoms. The van der Waals surface area contributed by atoms with E-state index in [1.54, 1.807) is 6.07 Å². The molecule has 0 bridgehead atoms. The van der Waals surface area contributed by atoms with Crippen LogP contribution in [0.25, 0.3) is 0 Å². The first-order chi connectivity index (χ1) is 9.19. The van der Waals surface area contributed by atoms with Crippen LogP contribution in [0.5, 0.6) is 0 Å². The molecule has 0 fully saturated rings. The summed E-state index contributed by atoms with van der Waals surface area (Å²) in [5.41, 5.74) is 1.62. The fraction of sp³-hybridized carbons (Fsp3) is 0.0769. The lowest BCUT2D eigenvalue weighted by Gasteiger charge is -2.05. The van der Waals surface area contributed by atoms with E-state index >= 15 is 0 Å². The summed E-state index contributed by atoms with van der Waals surface area (Å²) in [5, 5.41) is 27.6. The lowest BCUT2D eigenvalue weighted by molar-refractivity contribution is 0.0689. The summed E-state index contributed by atoms with van der Waals surface area (Å²) >= 11 is 0. The number of benzene rings is 1. The summed E-state index contributed by atoms with van der Waals surface area (Å²) in [4.78, 5) is 10.6. The van der Waals surface area contributed by atoms with E-state index in [0.29, 0.717) is 12.2 Å². The van der Waals surface area contributed by atoms with Gasteiger partial charge in [-0.15, -0.1) is 10.2 Å². The predicted molar refractivity (Wildman–Crippen MR) is 68.0 cm³/mol. The van der Waals surface area contributed by atoms with Crippen molar-refractivity contribution in [1.82, 2.24) is 10.2 Å². The van der Waals surface area contributed by atoms with Gasteiger partial charge in [-0.2, -0.15) is 5.26 Å². The molecule has 0 atom stereocenters. The normalized spacial score (nSPS) is 9.63. The minimum absolute atomic E-state index is 0.102. The number of anilines is 2. The quantitative estimate of drug-likeness (QED) is 0.865. The summed E-state index contributed by atoms with van der Waals surface area (Å²) in [5.74, 6) is -0.655. The van der Waals surface area contributed by atoms with Crippen LogP contribution in [-0.2, 0) is 6.42 Å². The Balaban J connectivity index is 2.08. The second kappa shape index (κ2) is 5.60. The average molecular weight is 254 g/mol. The van der Waals surface area contributed by atoms with Crippen LogP contribution in [0.15, 0.2) is 36.4 Å². The van der Waals surface area contributed by atoms with E-state index < -0.39 is 5.97 Å². The molecule has 0 saturated heterocycles. The fourth-order valence-corrected chi connectivity index (χ4v) is 1.46. The number of aromatic nitrogens is 2. The molecular weight excluding hydrogens is 244 g/mol. The van der Waals surface area contributed by atoms with Crippen LogP contribution >= 0.6 is 0 Å². The summed E-state index contributed by atoms with van der Waals surface area (Å²) in [6.45, 7) is 0. The molecule has 1 heterocycles. The highest BCUT2D eigenvalue weighted by Gasteiger charge is 2.05. The minimum atomic E-state index is -1.11. The van der Waals surface area contributed by atoms with Crippen molar-refractivity contribution in [3.63, 3.8) is 0 Å². The number of carbonyl (C=O) groups is 1. The van der Waals surface area contributed by atoms with E-state index in [1.165, 1.54) is 6.07 Å². The first kappa shape index (κ1) is 12.5. The number of hydrogen-bond donors (Lipinski definition) is 2. The second-order valence-corrected chi connectivity index (χ2v) is 3.77. The molecule has 2 rings (SSSR count). The third kappa shape index (κ3) is 3.26. The third-order valence-corrected chi connectivity index (χ3v) is 2.39. The SMILES string of the molecule is N#CCc1ccc(Nc2ccc(C(=O)O)nn2)cc1. The molecule has 0 unspecified atom stereocenters. The molecular formula is C13H10N4O2. The van der Waals surface area contributed by atoms with Gasteiger partial charge in [0, 0.05) is 5.69 Å². The van der Waals surface area contributed by atoms with Gasteiger partial charge in [0.25, 0.3) is 0 Å². The number of nitrogens with zero attached hydrogens (tertiary/aromatic N) is 3. The van der Waals surface area contributed by atoms with Crippen LogP contribution in [0.3, 0.4) is 0 Å². The van der Waals surface area contributed by atoms with Crippen molar-refractivity contribution >= 4 is 17.5 Å². The number of carboxylic acids is 1. The van der Waals surface area contributed by atoms with Crippen molar-refractivity contribution in [2.75, 3.05) is 5.32 Å². The molecule has 2 N–H and O–H groups in total. The predicted octanol–water partition coefficient (Wildman–Crippen LogP) is 1.98. The monoisotopic (exact) mass is 254 g/mol. The molecule has 0 spiro atoms. The molecule has 0 amide bonds. The van der Waals surface area contributed by atoms with E-state index in [1.807, 2.05) is 24.3 Å². The second-order valence-electron chi connectivity index (χ2n) is 3.77. The fourth-order valence-electron chi connectivity index (χ4n) is 1.46. The van der Waals surface area contributed by atoms with Crippen LogP contribution in [0, 0.1) is 11.3 Å². The minimum Gasteiger partial charge on any atom is -0.476 e. The van der Waals surface area contributed by atoms with Gasteiger partial charge >= 0.3 is 5.97 Å². The maximum Gasteiger partial charge on any atom is 0.356 e. The van der Waals surface area contributed by atoms with Gasteiger partial charge in [-0.05, 0) is 29.8 Å². The molecule has 2 aromatic rings. The van der Waals surface area contributed by atoms with Crippen LogP contribution in [0.1, 0.15) is 16.1 Å². The first-order valence-corrected chi connectivity index (χ1v) is 5.49. The molecule has 94 valence electrons. The lowest BCUT2D eigenvalue weighted by Crippen LogP contribution is -2.03. The first-order valence-electron chi connectivity index (χ1n) is 5.49. The smallest absolute Gasteiger partial charge is 0.356 e. The maximum absolute atomic E-state index is 10.6. The van der Waals surface area contributed by atoms with Crippen LogP contribution in [0.2, 0.25) is 0 Å². The Morgan fingerprint density at radius 1 is 1.21 bits per heavy atom. The van der Waals surface area contributed by atoms with Gasteiger partial charge in [-0.25, -0.2) is 4.79 Å². The molecule has 0 saturated carbocycles. The molecule has 6 nitrogen and oxygen atoms in total. The zero-order chi connectivity index (χ0) is 13.7. The standard InChI is InChI=1S/C13H10N4O2/c14-8-7-9-1-3-10(4-2-9)15-12-6-5-11(13(18)19)16-17-12/h1-6H,7H2,(H,15,17)(H,18,19). The highest BCUT2D eigenvalue weighted by atomic mass is 16.4. The summed E-state index contributed by atoms with van der Waals surface area (Å²) < 4.78 is 0. The van der Waals surface area contributed by atoms with Gasteiger partial charge in [-0.3, -0.25) is 0 Å². The summed E-state index contributed by atoms with van der Waals surface area (Å²) in [6, 6.07) is 12.3. The Labute approximate surface area is 109 Å². The molecule has 1 aromatic carbocycles. The average Bonchev–Trinajstić information content (AvgIpc) is 2.42. The van der Waals surface area contributed by atoms with Crippen LogP contribution in [-0.4, -0.2) is 21.3 Å². The van der Waals surface area contributed by atoms with Gasteiger partial charge in [0.2, 0.25) is 0 Å². The molecule has 1 aromatic heterocycles. The van der Waals surface area contributed by atoms with Gasteiger partial charge < -0.3 is 10.4 Å². The number of rotatable bonds is 4. The molecule has 0 aliphatic heterocycles. The number of nitrogens with one attached hydrogen (secondary N) is 1.